The molecular formula is C24H27N5O6S2. The molecule has 13 heteroatoms. The Hall–Kier alpha value is -3.39. The number of carbonyl (C=O) groups is 1. The SMILES string of the molecule is CS(=O)(=O)c1ccc(-c2ccccc2S(=O)(=O)NCC2CCN(c3ncc(C(=O)NO)cn3)CC2)cc1. The van der Waals surface area contributed by atoms with Crippen LogP contribution in [-0.2, 0) is 19.9 Å². The van der Waals surface area contributed by atoms with Crippen molar-refractivity contribution >= 4 is 31.7 Å². The van der Waals surface area contributed by atoms with Crippen molar-refractivity contribution in [3.63, 3.8) is 0 Å². The fourth-order valence-corrected chi connectivity index (χ4v) is 6.10. The highest BCUT2D eigenvalue weighted by Gasteiger charge is 2.25. The lowest BCUT2D eigenvalue weighted by Gasteiger charge is -2.32. The van der Waals surface area contributed by atoms with Crippen molar-refractivity contribution in [2.45, 2.75) is 22.6 Å². The lowest BCUT2D eigenvalue weighted by Crippen LogP contribution is -2.39. The van der Waals surface area contributed by atoms with Crippen molar-refractivity contribution in [1.29, 1.82) is 0 Å². The van der Waals surface area contributed by atoms with E-state index in [1.165, 1.54) is 36.1 Å². The van der Waals surface area contributed by atoms with Gasteiger partial charge in [0.25, 0.3) is 5.91 Å². The van der Waals surface area contributed by atoms with E-state index in [0.717, 1.165) is 19.1 Å². The normalized spacial score (nSPS) is 14.9. The zero-order chi connectivity index (χ0) is 26.6. The molecule has 2 heterocycles. The fraction of sp³-hybridized carbons (Fsp3) is 0.292. The van der Waals surface area contributed by atoms with Gasteiger partial charge in [-0.05, 0) is 42.5 Å². The van der Waals surface area contributed by atoms with Crippen molar-refractivity contribution in [2.24, 2.45) is 5.92 Å². The van der Waals surface area contributed by atoms with Crippen LogP contribution >= 0.6 is 0 Å². The van der Waals surface area contributed by atoms with Crippen LogP contribution in [0.5, 0.6) is 0 Å². The summed E-state index contributed by atoms with van der Waals surface area (Å²) >= 11 is 0. The predicted molar refractivity (Wildman–Crippen MR) is 136 cm³/mol. The predicted octanol–water partition coefficient (Wildman–Crippen LogP) is 1.86. The van der Waals surface area contributed by atoms with Crippen LogP contribution in [0, 0.1) is 5.92 Å². The van der Waals surface area contributed by atoms with Gasteiger partial charge in [0.05, 0.1) is 15.4 Å². The summed E-state index contributed by atoms with van der Waals surface area (Å²) in [5.74, 6) is -0.110. The van der Waals surface area contributed by atoms with E-state index < -0.39 is 25.8 Å². The van der Waals surface area contributed by atoms with Crippen molar-refractivity contribution in [3.05, 3.63) is 66.5 Å². The molecule has 1 aliphatic rings. The molecule has 0 aliphatic carbocycles. The number of anilines is 1. The molecule has 1 saturated heterocycles. The number of sulfone groups is 1. The molecule has 0 radical (unpaired) electrons. The zero-order valence-electron chi connectivity index (χ0n) is 20.0. The van der Waals surface area contributed by atoms with Crippen molar-refractivity contribution in [1.82, 2.24) is 20.2 Å². The molecule has 1 aliphatic heterocycles. The highest BCUT2D eigenvalue weighted by Crippen LogP contribution is 2.29. The van der Waals surface area contributed by atoms with Crippen LogP contribution in [0.25, 0.3) is 11.1 Å². The third-order valence-corrected chi connectivity index (χ3v) is 8.84. The first kappa shape index (κ1) is 26.7. The summed E-state index contributed by atoms with van der Waals surface area (Å²) in [7, 11) is -7.18. The molecule has 0 atom stereocenters. The molecule has 4 rings (SSSR count). The first-order valence-electron chi connectivity index (χ1n) is 11.5. The number of benzene rings is 2. The summed E-state index contributed by atoms with van der Waals surface area (Å²) in [5, 5.41) is 8.69. The third-order valence-electron chi connectivity index (χ3n) is 6.23. The largest absolute Gasteiger partial charge is 0.341 e. The number of nitrogens with one attached hydrogen (secondary N) is 2. The molecule has 1 amide bonds. The Balaban J connectivity index is 1.39. The topological polar surface area (TPSA) is 159 Å². The van der Waals surface area contributed by atoms with Gasteiger partial charge in [-0.1, -0.05) is 30.3 Å². The second-order valence-corrected chi connectivity index (χ2v) is 12.5. The maximum absolute atomic E-state index is 13.2. The summed E-state index contributed by atoms with van der Waals surface area (Å²) in [6.45, 7) is 1.52. The molecule has 2 aromatic carbocycles. The number of nitrogens with zero attached hydrogens (tertiary/aromatic N) is 3. The Kier molecular flexibility index (Phi) is 7.87. The number of hydrogen-bond acceptors (Lipinski definition) is 9. The molecule has 0 unspecified atom stereocenters. The van der Waals surface area contributed by atoms with E-state index in [1.54, 1.807) is 30.3 Å². The van der Waals surface area contributed by atoms with E-state index >= 15 is 0 Å². The Morgan fingerprint density at radius 2 is 1.62 bits per heavy atom. The van der Waals surface area contributed by atoms with Gasteiger partial charge in [0.1, 0.15) is 0 Å². The van der Waals surface area contributed by atoms with Crippen molar-refractivity contribution < 1.29 is 26.8 Å². The molecule has 11 nitrogen and oxygen atoms in total. The minimum atomic E-state index is -3.82. The van der Waals surface area contributed by atoms with E-state index in [1.807, 2.05) is 4.90 Å². The lowest BCUT2D eigenvalue weighted by molar-refractivity contribution is 0.0705. The molecule has 3 aromatic rings. The molecule has 1 fully saturated rings. The van der Waals surface area contributed by atoms with E-state index in [4.69, 9.17) is 5.21 Å². The van der Waals surface area contributed by atoms with Crippen LogP contribution in [0.1, 0.15) is 23.2 Å². The average molecular weight is 546 g/mol. The van der Waals surface area contributed by atoms with Crippen LogP contribution in [0.2, 0.25) is 0 Å². The van der Waals surface area contributed by atoms with Gasteiger partial charge in [-0.2, -0.15) is 0 Å². The van der Waals surface area contributed by atoms with Gasteiger partial charge in [0, 0.05) is 43.8 Å². The van der Waals surface area contributed by atoms with Crippen LogP contribution in [0.15, 0.2) is 70.7 Å². The Labute approximate surface area is 215 Å². The molecule has 37 heavy (non-hydrogen) atoms. The van der Waals surface area contributed by atoms with Gasteiger partial charge in [-0.3, -0.25) is 10.0 Å². The van der Waals surface area contributed by atoms with Gasteiger partial charge >= 0.3 is 0 Å². The van der Waals surface area contributed by atoms with Crippen LogP contribution in [0.4, 0.5) is 5.95 Å². The first-order chi connectivity index (χ1) is 17.6. The van der Waals surface area contributed by atoms with Crippen molar-refractivity contribution in [2.75, 3.05) is 30.8 Å². The maximum Gasteiger partial charge on any atom is 0.277 e. The highest BCUT2D eigenvalue weighted by atomic mass is 32.2. The Bertz CT molecular complexity index is 1470. The number of rotatable bonds is 8. The van der Waals surface area contributed by atoms with Gasteiger partial charge in [0.2, 0.25) is 16.0 Å². The van der Waals surface area contributed by atoms with E-state index in [-0.39, 0.29) is 27.8 Å². The minimum Gasteiger partial charge on any atom is -0.341 e. The molecule has 0 saturated carbocycles. The fourth-order valence-electron chi connectivity index (χ4n) is 4.13. The van der Waals surface area contributed by atoms with Crippen molar-refractivity contribution in [3.8, 4) is 11.1 Å². The number of hydroxylamine groups is 1. The van der Waals surface area contributed by atoms with Gasteiger partial charge < -0.3 is 4.90 Å². The Morgan fingerprint density at radius 3 is 2.22 bits per heavy atom. The summed E-state index contributed by atoms with van der Waals surface area (Å²) in [4.78, 5) is 22.0. The minimum absolute atomic E-state index is 0.117. The number of hydrogen-bond donors (Lipinski definition) is 3. The van der Waals surface area contributed by atoms with Gasteiger partial charge in [-0.25, -0.2) is 37.0 Å². The summed E-state index contributed by atoms with van der Waals surface area (Å²) in [6, 6.07) is 12.7. The second kappa shape index (κ2) is 10.9. The number of piperidine rings is 1. The van der Waals surface area contributed by atoms with Crippen LogP contribution in [0.3, 0.4) is 0 Å². The quantitative estimate of drug-likeness (QED) is 0.284. The third kappa shape index (κ3) is 6.31. The molecule has 1 aromatic heterocycles. The lowest BCUT2D eigenvalue weighted by atomic mass is 9.97. The van der Waals surface area contributed by atoms with E-state index in [9.17, 15) is 21.6 Å². The average Bonchev–Trinajstić information content (AvgIpc) is 2.91. The monoisotopic (exact) mass is 545 g/mol. The maximum atomic E-state index is 13.2. The zero-order valence-corrected chi connectivity index (χ0v) is 21.7. The van der Waals surface area contributed by atoms with Crippen LogP contribution < -0.4 is 15.1 Å². The Morgan fingerprint density at radius 1 is 1.00 bits per heavy atom. The van der Waals surface area contributed by atoms with Gasteiger partial charge in [-0.15, -0.1) is 0 Å². The summed E-state index contributed by atoms with van der Waals surface area (Å²) in [5.41, 5.74) is 2.76. The number of amides is 1. The number of aromatic nitrogens is 2. The summed E-state index contributed by atoms with van der Waals surface area (Å²) < 4.78 is 52.6. The highest BCUT2D eigenvalue weighted by molar-refractivity contribution is 7.90. The van der Waals surface area contributed by atoms with Crippen LogP contribution in [-0.4, -0.2) is 63.8 Å². The molecule has 0 bridgehead atoms. The smallest absolute Gasteiger partial charge is 0.277 e. The number of carbonyl (C=O) groups excluding carboxylic acids is 1. The molecular weight excluding hydrogens is 518 g/mol. The summed E-state index contributed by atoms with van der Waals surface area (Å²) in [6.07, 6.45) is 5.23. The molecule has 3 N–H and O–H groups in total. The van der Waals surface area contributed by atoms with E-state index in [0.29, 0.717) is 30.2 Å². The standard InChI is InChI=1S/C24H27N5O6S2/c1-36(32,33)20-8-6-18(7-9-20)21-4-2-3-5-22(21)37(34,35)27-14-17-10-12-29(13-11-17)24-25-15-19(16-26-24)23(30)28-31/h2-9,15-17,27,31H,10-14H2,1H3,(H,28,30). The van der Waals surface area contributed by atoms with Gasteiger partial charge in [0.15, 0.2) is 9.84 Å². The first-order valence-corrected chi connectivity index (χ1v) is 14.9. The molecule has 0 spiro atoms. The molecule has 196 valence electrons. The number of sulfonamides is 1. The van der Waals surface area contributed by atoms with E-state index in [2.05, 4.69) is 14.7 Å². The second-order valence-electron chi connectivity index (χ2n) is 8.79.